The zero-order valence-corrected chi connectivity index (χ0v) is 17.6. The van der Waals surface area contributed by atoms with Crippen LogP contribution in [0.25, 0.3) is 0 Å². The molecule has 3 atom stereocenters. The Labute approximate surface area is 180 Å². The van der Waals surface area contributed by atoms with E-state index in [4.69, 9.17) is 4.74 Å². The number of morpholine rings is 1. The van der Waals surface area contributed by atoms with Gasteiger partial charge in [0.15, 0.2) is 0 Å². The fraction of sp³-hybridized carbons (Fsp3) is 0.364. The smallest absolute Gasteiger partial charge is 0.269 e. The summed E-state index contributed by atoms with van der Waals surface area (Å²) in [6.45, 7) is 1.56. The van der Waals surface area contributed by atoms with Gasteiger partial charge >= 0.3 is 0 Å². The second kappa shape index (κ2) is 7.74. The molecule has 3 aliphatic rings. The molecule has 1 fully saturated rings. The molecule has 1 saturated heterocycles. The van der Waals surface area contributed by atoms with Crippen LogP contribution in [0, 0.1) is 16.0 Å². The summed E-state index contributed by atoms with van der Waals surface area (Å²) in [4.78, 5) is 11.1. The molecule has 0 saturated carbocycles. The van der Waals surface area contributed by atoms with Crippen LogP contribution in [-0.4, -0.2) is 43.9 Å². The molecule has 9 heteroatoms. The number of nitro groups is 1. The fourth-order valence-electron chi connectivity index (χ4n) is 4.81. The SMILES string of the molecule is O=[N+]([O-])c1ccc2c(c1)[C@@H]1C=CC[C@H]1[C@@H](c1ccc(S(=O)(=O)N3CCOCC3)cc1)N2. The number of ether oxygens (including phenoxy) is 1. The van der Waals surface area contributed by atoms with Crippen molar-refractivity contribution in [2.24, 2.45) is 5.92 Å². The van der Waals surface area contributed by atoms with Gasteiger partial charge in [-0.3, -0.25) is 10.1 Å². The zero-order chi connectivity index (χ0) is 21.6. The summed E-state index contributed by atoms with van der Waals surface area (Å²) in [5.41, 5.74) is 2.92. The van der Waals surface area contributed by atoms with Gasteiger partial charge in [-0.2, -0.15) is 4.31 Å². The van der Waals surface area contributed by atoms with Crippen molar-refractivity contribution in [2.75, 3.05) is 31.6 Å². The first-order valence-electron chi connectivity index (χ1n) is 10.3. The van der Waals surface area contributed by atoms with E-state index in [0.717, 1.165) is 23.2 Å². The first-order chi connectivity index (χ1) is 14.9. The second-order valence-corrected chi connectivity index (χ2v) is 10.0. The van der Waals surface area contributed by atoms with Crippen molar-refractivity contribution < 1.29 is 18.1 Å². The highest BCUT2D eigenvalue weighted by Gasteiger charge is 2.38. The molecule has 162 valence electrons. The molecule has 2 heterocycles. The number of anilines is 1. The van der Waals surface area contributed by atoms with E-state index in [1.165, 1.54) is 10.4 Å². The van der Waals surface area contributed by atoms with Gasteiger partial charge in [0, 0.05) is 36.8 Å². The van der Waals surface area contributed by atoms with Gasteiger partial charge in [0.05, 0.1) is 29.1 Å². The summed E-state index contributed by atoms with van der Waals surface area (Å²) >= 11 is 0. The van der Waals surface area contributed by atoms with E-state index in [9.17, 15) is 18.5 Å². The van der Waals surface area contributed by atoms with Crippen LogP contribution in [0.1, 0.15) is 29.5 Å². The van der Waals surface area contributed by atoms with Gasteiger partial charge in [-0.25, -0.2) is 8.42 Å². The minimum Gasteiger partial charge on any atom is -0.379 e. The van der Waals surface area contributed by atoms with E-state index in [1.54, 1.807) is 24.3 Å². The predicted molar refractivity (Wildman–Crippen MR) is 115 cm³/mol. The zero-order valence-electron chi connectivity index (χ0n) is 16.8. The number of nitro benzene ring substituents is 1. The van der Waals surface area contributed by atoms with Crippen LogP contribution in [-0.2, 0) is 14.8 Å². The summed E-state index contributed by atoms with van der Waals surface area (Å²) < 4.78 is 32.5. The number of nitrogens with one attached hydrogen (secondary N) is 1. The Bertz CT molecular complexity index is 1140. The lowest BCUT2D eigenvalue weighted by atomic mass is 9.77. The molecule has 0 amide bonds. The topological polar surface area (TPSA) is 102 Å². The third-order valence-electron chi connectivity index (χ3n) is 6.40. The number of fused-ring (bicyclic) bond motifs is 3. The number of rotatable bonds is 4. The van der Waals surface area contributed by atoms with E-state index < -0.39 is 10.0 Å². The summed E-state index contributed by atoms with van der Waals surface area (Å²) in [7, 11) is -3.53. The molecule has 0 aromatic heterocycles. The van der Waals surface area contributed by atoms with Crippen LogP contribution in [0.2, 0.25) is 0 Å². The number of benzene rings is 2. The molecule has 2 aliphatic heterocycles. The summed E-state index contributed by atoms with van der Waals surface area (Å²) in [5.74, 6) is 0.314. The highest BCUT2D eigenvalue weighted by atomic mass is 32.2. The number of nitrogens with zero attached hydrogens (tertiary/aromatic N) is 2. The minimum absolute atomic E-state index is 0.00547. The maximum absolute atomic E-state index is 12.9. The number of non-ortho nitro benzene ring substituents is 1. The minimum atomic E-state index is -3.53. The van der Waals surface area contributed by atoms with Crippen molar-refractivity contribution >= 4 is 21.4 Å². The average molecular weight is 442 g/mol. The molecule has 0 unspecified atom stereocenters. The van der Waals surface area contributed by atoms with Crippen LogP contribution in [0.5, 0.6) is 0 Å². The Kier molecular flexibility index (Phi) is 5.04. The number of sulfonamides is 1. The summed E-state index contributed by atoms with van der Waals surface area (Å²) in [6.07, 6.45) is 5.10. The molecule has 1 aliphatic carbocycles. The molecule has 2 aromatic rings. The summed E-state index contributed by atoms with van der Waals surface area (Å²) in [5, 5.41) is 14.7. The molecule has 2 aromatic carbocycles. The highest BCUT2D eigenvalue weighted by Crippen LogP contribution is 2.50. The van der Waals surface area contributed by atoms with Crippen LogP contribution >= 0.6 is 0 Å². The molecule has 0 radical (unpaired) electrons. The Morgan fingerprint density at radius 1 is 1.10 bits per heavy atom. The molecule has 0 spiro atoms. The lowest BCUT2D eigenvalue weighted by molar-refractivity contribution is -0.384. The predicted octanol–water partition coefficient (Wildman–Crippen LogP) is 3.44. The molecule has 1 N–H and O–H groups in total. The first-order valence-corrected chi connectivity index (χ1v) is 11.8. The second-order valence-electron chi connectivity index (χ2n) is 8.09. The molecule has 5 rings (SSSR count). The van der Waals surface area contributed by atoms with Crippen molar-refractivity contribution in [3.63, 3.8) is 0 Å². The van der Waals surface area contributed by atoms with Crippen molar-refractivity contribution in [3.8, 4) is 0 Å². The van der Waals surface area contributed by atoms with Gasteiger partial charge in [0.2, 0.25) is 10.0 Å². The third-order valence-corrected chi connectivity index (χ3v) is 8.32. The quantitative estimate of drug-likeness (QED) is 0.443. The van der Waals surface area contributed by atoms with E-state index in [1.807, 2.05) is 12.1 Å². The average Bonchev–Trinajstić information content (AvgIpc) is 3.29. The number of hydrogen-bond donors (Lipinski definition) is 1. The van der Waals surface area contributed by atoms with Gasteiger partial charge in [-0.15, -0.1) is 0 Å². The number of hydrogen-bond acceptors (Lipinski definition) is 6. The highest BCUT2D eigenvalue weighted by molar-refractivity contribution is 7.89. The molecule has 8 nitrogen and oxygen atoms in total. The molecular weight excluding hydrogens is 418 g/mol. The third kappa shape index (κ3) is 3.52. The van der Waals surface area contributed by atoms with Crippen LogP contribution in [0.4, 0.5) is 11.4 Å². The van der Waals surface area contributed by atoms with Gasteiger partial charge in [0.25, 0.3) is 5.69 Å². The largest absolute Gasteiger partial charge is 0.379 e. The maximum atomic E-state index is 12.9. The van der Waals surface area contributed by atoms with Crippen molar-refractivity contribution in [3.05, 3.63) is 75.9 Å². The van der Waals surface area contributed by atoms with Gasteiger partial charge in [-0.05, 0) is 41.7 Å². The van der Waals surface area contributed by atoms with E-state index >= 15 is 0 Å². The Balaban J connectivity index is 1.44. The Hall–Kier alpha value is -2.75. The van der Waals surface area contributed by atoms with Gasteiger partial charge < -0.3 is 10.1 Å². The fourth-order valence-corrected chi connectivity index (χ4v) is 6.22. The lowest BCUT2D eigenvalue weighted by Crippen LogP contribution is -2.40. The standard InChI is InChI=1S/C22H23N3O5S/c26-25(27)16-6-9-21-20(14-16)18-2-1-3-19(18)22(23-21)15-4-7-17(8-5-15)31(28,29)24-10-12-30-13-11-24/h1-2,4-9,14,18-19,22-23H,3,10-13H2/t18-,19-,22-/m1/s1. The van der Waals surface area contributed by atoms with E-state index in [-0.39, 0.29) is 33.4 Å². The molecule has 31 heavy (non-hydrogen) atoms. The molecule has 0 bridgehead atoms. The Morgan fingerprint density at radius 3 is 2.55 bits per heavy atom. The van der Waals surface area contributed by atoms with Crippen LogP contribution in [0.15, 0.2) is 59.5 Å². The van der Waals surface area contributed by atoms with Crippen LogP contribution in [0.3, 0.4) is 0 Å². The van der Waals surface area contributed by atoms with Gasteiger partial charge in [-0.1, -0.05) is 24.3 Å². The van der Waals surface area contributed by atoms with E-state index in [0.29, 0.717) is 26.3 Å². The maximum Gasteiger partial charge on any atom is 0.269 e. The van der Waals surface area contributed by atoms with Gasteiger partial charge in [0.1, 0.15) is 0 Å². The van der Waals surface area contributed by atoms with Crippen molar-refractivity contribution in [2.45, 2.75) is 23.3 Å². The molecular formula is C22H23N3O5S. The number of allylic oxidation sites excluding steroid dienone is 2. The van der Waals surface area contributed by atoms with Crippen molar-refractivity contribution in [1.29, 1.82) is 0 Å². The normalized spacial score (nSPS) is 25.5. The van der Waals surface area contributed by atoms with Crippen molar-refractivity contribution in [1.82, 2.24) is 4.31 Å². The summed E-state index contributed by atoms with van der Waals surface area (Å²) in [6, 6.07) is 12.0. The first kappa shape index (κ1) is 20.2. The lowest BCUT2D eigenvalue weighted by Gasteiger charge is -2.37. The van der Waals surface area contributed by atoms with Crippen LogP contribution < -0.4 is 5.32 Å². The Morgan fingerprint density at radius 2 is 1.84 bits per heavy atom. The van der Waals surface area contributed by atoms with E-state index in [2.05, 4.69) is 17.5 Å². The monoisotopic (exact) mass is 441 g/mol.